The predicted molar refractivity (Wildman–Crippen MR) is 106 cm³/mol. The number of aromatic nitrogens is 1. The zero-order valence-corrected chi connectivity index (χ0v) is 15.0. The summed E-state index contributed by atoms with van der Waals surface area (Å²) in [6.45, 7) is 0.495. The van der Waals surface area contributed by atoms with Crippen molar-refractivity contribution in [3.8, 4) is 5.75 Å². The molecule has 2 aromatic carbocycles. The van der Waals surface area contributed by atoms with Gasteiger partial charge in [0.15, 0.2) is 0 Å². The molecular formula is C22H19N3O3. The summed E-state index contributed by atoms with van der Waals surface area (Å²) in [7, 11) is 0. The van der Waals surface area contributed by atoms with Crippen molar-refractivity contribution in [1.29, 1.82) is 0 Å². The molecule has 28 heavy (non-hydrogen) atoms. The van der Waals surface area contributed by atoms with E-state index in [9.17, 15) is 9.59 Å². The first kappa shape index (κ1) is 18.8. The molecule has 1 aromatic heterocycles. The highest BCUT2D eigenvalue weighted by Crippen LogP contribution is 2.15. The van der Waals surface area contributed by atoms with E-state index in [1.165, 1.54) is 12.3 Å². The minimum absolute atomic E-state index is 0.359. The van der Waals surface area contributed by atoms with Gasteiger partial charge in [0.25, 0.3) is 11.8 Å². The lowest BCUT2D eigenvalue weighted by Crippen LogP contribution is -2.40. The van der Waals surface area contributed by atoms with Gasteiger partial charge in [-0.25, -0.2) is 0 Å². The van der Waals surface area contributed by atoms with E-state index in [4.69, 9.17) is 4.74 Å². The zero-order valence-electron chi connectivity index (χ0n) is 15.0. The van der Waals surface area contributed by atoms with Crippen molar-refractivity contribution in [3.63, 3.8) is 0 Å². The van der Waals surface area contributed by atoms with Crippen LogP contribution in [0.15, 0.2) is 85.2 Å². The number of ether oxygens (including phenoxy) is 1. The Kier molecular flexibility index (Phi) is 6.52. The predicted octanol–water partition coefficient (Wildman–Crippen LogP) is 3.14. The Labute approximate surface area is 162 Å². The van der Waals surface area contributed by atoms with Gasteiger partial charge >= 0.3 is 0 Å². The van der Waals surface area contributed by atoms with Crippen LogP contribution < -0.4 is 15.6 Å². The van der Waals surface area contributed by atoms with Crippen LogP contribution in [0.1, 0.15) is 21.5 Å². The molecule has 0 radical (unpaired) electrons. The first-order valence-electron chi connectivity index (χ1n) is 8.66. The molecule has 0 aliphatic carbocycles. The van der Waals surface area contributed by atoms with Crippen molar-refractivity contribution in [1.82, 2.24) is 15.8 Å². The Hall–Kier alpha value is -3.93. The Morgan fingerprint density at radius 3 is 2.43 bits per heavy atom. The Balaban J connectivity index is 1.46. The second-order valence-corrected chi connectivity index (χ2v) is 5.86. The quantitative estimate of drug-likeness (QED) is 0.514. The molecule has 140 valence electrons. The second kappa shape index (κ2) is 9.68. The van der Waals surface area contributed by atoms with E-state index in [1.807, 2.05) is 54.6 Å². The first-order valence-corrected chi connectivity index (χ1v) is 8.66. The SMILES string of the molecule is O=C(/C=C/c1ccc(OCc2ccccc2)cc1)NNC(=O)c1cccnc1. The van der Waals surface area contributed by atoms with Crippen LogP contribution in [0.2, 0.25) is 0 Å². The van der Waals surface area contributed by atoms with Gasteiger partial charge in [-0.1, -0.05) is 42.5 Å². The zero-order chi connectivity index (χ0) is 19.6. The second-order valence-electron chi connectivity index (χ2n) is 5.86. The molecule has 6 nitrogen and oxygen atoms in total. The fourth-order valence-corrected chi connectivity index (χ4v) is 2.32. The Morgan fingerprint density at radius 2 is 1.71 bits per heavy atom. The lowest BCUT2D eigenvalue weighted by molar-refractivity contribution is -0.117. The van der Waals surface area contributed by atoms with Crippen LogP contribution in [0, 0.1) is 0 Å². The summed E-state index contributed by atoms with van der Waals surface area (Å²) in [5, 5.41) is 0. The summed E-state index contributed by atoms with van der Waals surface area (Å²) in [6.07, 6.45) is 5.96. The fourth-order valence-electron chi connectivity index (χ4n) is 2.32. The van der Waals surface area contributed by atoms with Crippen LogP contribution in [0.4, 0.5) is 0 Å². The van der Waals surface area contributed by atoms with Gasteiger partial charge in [0.1, 0.15) is 12.4 Å². The Bertz CT molecular complexity index is 940. The highest BCUT2D eigenvalue weighted by Gasteiger charge is 2.05. The van der Waals surface area contributed by atoms with Crippen LogP contribution >= 0.6 is 0 Å². The van der Waals surface area contributed by atoms with Gasteiger partial charge in [0.05, 0.1) is 5.56 Å². The normalized spacial score (nSPS) is 10.4. The fraction of sp³-hybridized carbons (Fsp3) is 0.0455. The molecule has 1 heterocycles. The summed E-state index contributed by atoms with van der Waals surface area (Å²) < 4.78 is 5.72. The van der Waals surface area contributed by atoms with Gasteiger partial charge in [-0.05, 0) is 41.5 Å². The lowest BCUT2D eigenvalue weighted by Gasteiger charge is -2.06. The number of nitrogens with zero attached hydrogens (tertiary/aromatic N) is 1. The van der Waals surface area contributed by atoms with Crippen molar-refractivity contribution in [2.45, 2.75) is 6.61 Å². The third kappa shape index (κ3) is 5.81. The van der Waals surface area contributed by atoms with E-state index >= 15 is 0 Å². The number of hydrogen-bond donors (Lipinski definition) is 2. The molecule has 2 N–H and O–H groups in total. The van der Waals surface area contributed by atoms with Crippen molar-refractivity contribution in [2.24, 2.45) is 0 Å². The minimum Gasteiger partial charge on any atom is -0.489 e. The summed E-state index contributed by atoms with van der Waals surface area (Å²) in [6, 6.07) is 20.5. The molecule has 3 aromatic rings. The number of rotatable bonds is 6. The molecule has 0 saturated carbocycles. The largest absolute Gasteiger partial charge is 0.489 e. The van der Waals surface area contributed by atoms with Gasteiger partial charge in [-0.2, -0.15) is 0 Å². The maximum absolute atomic E-state index is 11.8. The molecule has 3 rings (SSSR count). The first-order chi connectivity index (χ1) is 13.7. The molecule has 0 aliphatic rings. The molecule has 0 bridgehead atoms. The van der Waals surface area contributed by atoms with Gasteiger partial charge in [-0.15, -0.1) is 0 Å². The molecule has 0 spiro atoms. The molecule has 0 saturated heterocycles. The Morgan fingerprint density at radius 1 is 0.929 bits per heavy atom. The summed E-state index contributed by atoms with van der Waals surface area (Å²) >= 11 is 0. The maximum atomic E-state index is 11.8. The smallest absolute Gasteiger partial charge is 0.271 e. The number of nitrogens with one attached hydrogen (secondary N) is 2. The van der Waals surface area contributed by atoms with Gasteiger partial charge in [0.2, 0.25) is 0 Å². The van der Waals surface area contributed by atoms with E-state index in [2.05, 4.69) is 15.8 Å². The molecule has 0 unspecified atom stereocenters. The number of amides is 2. The lowest BCUT2D eigenvalue weighted by atomic mass is 10.2. The van der Waals surface area contributed by atoms with Gasteiger partial charge < -0.3 is 4.74 Å². The third-order valence-electron chi connectivity index (χ3n) is 3.78. The van der Waals surface area contributed by atoms with E-state index in [1.54, 1.807) is 24.4 Å². The molecule has 0 atom stereocenters. The standard InChI is InChI=1S/C22H19N3O3/c26-21(24-25-22(27)19-7-4-14-23-15-19)13-10-17-8-11-20(12-9-17)28-16-18-5-2-1-3-6-18/h1-15H,16H2,(H,24,26)(H,25,27)/b13-10+. The van der Waals surface area contributed by atoms with E-state index in [0.717, 1.165) is 16.9 Å². The van der Waals surface area contributed by atoms with Crippen molar-refractivity contribution in [3.05, 3.63) is 102 Å². The summed E-state index contributed by atoms with van der Waals surface area (Å²) in [5.41, 5.74) is 6.94. The molecular weight excluding hydrogens is 354 g/mol. The van der Waals surface area contributed by atoms with Crippen LogP contribution in [-0.2, 0) is 11.4 Å². The number of pyridine rings is 1. The molecule has 6 heteroatoms. The van der Waals surface area contributed by atoms with Crippen molar-refractivity contribution in [2.75, 3.05) is 0 Å². The summed E-state index contributed by atoms with van der Waals surface area (Å²) in [5.74, 6) is -0.134. The maximum Gasteiger partial charge on any atom is 0.271 e. The van der Waals surface area contributed by atoms with Crippen molar-refractivity contribution < 1.29 is 14.3 Å². The molecule has 2 amide bonds. The average Bonchev–Trinajstić information content (AvgIpc) is 2.76. The third-order valence-corrected chi connectivity index (χ3v) is 3.78. The van der Waals surface area contributed by atoms with Crippen LogP contribution in [0.25, 0.3) is 6.08 Å². The van der Waals surface area contributed by atoms with E-state index < -0.39 is 11.8 Å². The van der Waals surface area contributed by atoms with Gasteiger partial charge in [-0.3, -0.25) is 25.4 Å². The number of hydrazine groups is 1. The number of carbonyl (C=O) groups is 2. The number of hydrogen-bond acceptors (Lipinski definition) is 4. The van der Waals surface area contributed by atoms with Crippen LogP contribution in [0.3, 0.4) is 0 Å². The number of benzene rings is 2. The highest BCUT2D eigenvalue weighted by atomic mass is 16.5. The van der Waals surface area contributed by atoms with E-state index in [0.29, 0.717) is 12.2 Å². The average molecular weight is 373 g/mol. The minimum atomic E-state index is -0.443. The van der Waals surface area contributed by atoms with Crippen molar-refractivity contribution >= 4 is 17.9 Å². The number of carbonyl (C=O) groups excluding carboxylic acids is 2. The highest BCUT2D eigenvalue weighted by molar-refractivity contribution is 5.97. The van der Waals surface area contributed by atoms with Gasteiger partial charge in [0, 0.05) is 18.5 Å². The molecule has 0 fully saturated rings. The van der Waals surface area contributed by atoms with Crippen LogP contribution in [0.5, 0.6) is 5.75 Å². The summed E-state index contributed by atoms with van der Waals surface area (Å²) in [4.78, 5) is 27.5. The topological polar surface area (TPSA) is 80.3 Å². The van der Waals surface area contributed by atoms with E-state index in [-0.39, 0.29) is 0 Å². The monoisotopic (exact) mass is 373 g/mol. The van der Waals surface area contributed by atoms with Crippen LogP contribution in [-0.4, -0.2) is 16.8 Å². The molecule has 0 aliphatic heterocycles.